The van der Waals surface area contributed by atoms with Crippen molar-refractivity contribution < 1.29 is 0 Å². The minimum absolute atomic E-state index is 0.142. The molecule has 0 bridgehead atoms. The van der Waals surface area contributed by atoms with E-state index in [1.54, 1.807) is 10.8 Å². The van der Waals surface area contributed by atoms with Crippen molar-refractivity contribution in [2.24, 2.45) is 0 Å². The van der Waals surface area contributed by atoms with Crippen molar-refractivity contribution in [3.05, 3.63) is 22.7 Å². The van der Waals surface area contributed by atoms with Crippen molar-refractivity contribution in [1.82, 2.24) is 19.5 Å². The van der Waals surface area contributed by atoms with Crippen LogP contribution >= 0.6 is 0 Å². The molecular formula is C10H13N5O. The average Bonchev–Trinajstić information content (AvgIpc) is 2.29. The van der Waals surface area contributed by atoms with Crippen LogP contribution in [-0.4, -0.2) is 26.1 Å². The number of aromatic nitrogens is 4. The second kappa shape index (κ2) is 4.26. The number of nitrogens with zero attached hydrogens (tertiary/aromatic N) is 4. The van der Waals surface area contributed by atoms with Crippen molar-refractivity contribution in [1.29, 1.82) is 0 Å². The third-order valence-electron chi connectivity index (χ3n) is 2.24. The van der Waals surface area contributed by atoms with Crippen LogP contribution < -0.4 is 10.9 Å². The summed E-state index contributed by atoms with van der Waals surface area (Å²) in [6, 6.07) is 0. The second-order valence-corrected chi connectivity index (χ2v) is 3.27. The minimum Gasteiger partial charge on any atom is -0.354 e. The number of aryl methyl sites for hydroxylation is 1. The highest BCUT2D eigenvalue weighted by molar-refractivity contribution is 5.69. The van der Waals surface area contributed by atoms with E-state index in [2.05, 4.69) is 20.3 Å². The zero-order chi connectivity index (χ0) is 11.5. The molecule has 0 aliphatic rings. The van der Waals surface area contributed by atoms with Crippen molar-refractivity contribution in [2.45, 2.75) is 20.4 Å². The zero-order valence-corrected chi connectivity index (χ0v) is 9.27. The Balaban J connectivity index is 2.68. The number of anilines is 1. The molecule has 0 unspecified atom stereocenters. The van der Waals surface area contributed by atoms with Crippen molar-refractivity contribution in [2.75, 3.05) is 11.9 Å². The number of hydrogen-bond donors (Lipinski definition) is 1. The molecule has 2 heterocycles. The monoisotopic (exact) mass is 219 g/mol. The van der Waals surface area contributed by atoms with E-state index in [-0.39, 0.29) is 5.56 Å². The maximum atomic E-state index is 11.6. The third-order valence-corrected chi connectivity index (χ3v) is 2.24. The predicted octanol–water partition coefficient (Wildman–Crippen LogP) is 0.638. The molecule has 0 spiro atoms. The molecule has 0 radical (unpaired) electrons. The van der Waals surface area contributed by atoms with E-state index in [1.165, 1.54) is 6.20 Å². The summed E-state index contributed by atoms with van der Waals surface area (Å²) in [5.41, 5.74) is 1.06. The highest BCUT2D eigenvalue weighted by Crippen LogP contribution is 2.07. The van der Waals surface area contributed by atoms with Crippen LogP contribution in [0.15, 0.2) is 17.2 Å². The summed E-state index contributed by atoms with van der Waals surface area (Å²) in [5.74, 6) is 0.518. The van der Waals surface area contributed by atoms with Gasteiger partial charge < -0.3 is 5.32 Å². The molecule has 16 heavy (non-hydrogen) atoms. The topological polar surface area (TPSA) is 72.7 Å². The molecule has 2 aromatic heterocycles. The van der Waals surface area contributed by atoms with Crippen molar-refractivity contribution >= 4 is 17.1 Å². The van der Waals surface area contributed by atoms with E-state index < -0.39 is 0 Å². The van der Waals surface area contributed by atoms with Crippen LogP contribution in [0.25, 0.3) is 11.2 Å². The van der Waals surface area contributed by atoms with Crippen LogP contribution in [0.5, 0.6) is 0 Å². The summed E-state index contributed by atoms with van der Waals surface area (Å²) < 4.78 is 1.57. The maximum Gasteiger partial charge on any atom is 0.270 e. The lowest BCUT2D eigenvalue weighted by atomic mass is 10.5. The Bertz CT molecular complexity index is 563. The Morgan fingerprint density at radius 3 is 2.81 bits per heavy atom. The molecule has 0 aliphatic heterocycles. The Morgan fingerprint density at radius 1 is 1.31 bits per heavy atom. The quantitative estimate of drug-likeness (QED) is 0.820. The second-order valence-electron chi connectivity index (χ2n) is 3.27. The molecule has 0 fully saturated rings. The molecule has 0 atom stereocenters. The van der Waals surface area contributed by atoms with E-state index in [1.807, 2.05) is 13.8 Å². The van der Waals surface area contributed by atoms with E-state index in [4.69, 9.17) is 0 Å². The Hall–Kier alpha value is -1.98. The van der Waals surface area contributed by atoms with Gasteiger partial charge in [0.1, 0.15) is 5.52 Å². The Labute approximate surface area is 92.4 Å². The zero-order valence-electron chi connectivity index (χ0n) is 9.27. The molecule has 1 N–H and O–H groups in total. The maximum absolute atomic E-state index is 11.6. The first-order valence-electron chi connectivity index (χ1n) is 5.22. The molecule has 2 aromatic rings. The van der Waals surface area contributed by atoms with Crippen LogP contribution in [0.3, 0.4) is 0 Å². The summed E-state index contributed by atoms with van der Waals surface area (Å²) in [4.78, 5) is 23.9. The van der Waals surface area contributed by atoms with Gasteiger partial charge in [-0.05, 0) is 13.8 Å². The van der Waals surface area contributed by atoms with Crippen LogP contribution in [-0.2, 0) is 6.54 Å². The lowest BCUT2D eigenvalue weighted by Crippen LogP contribution is -2.20. The van der Waals surface area contributed by atoms with Gasteiger partial charge in [0.15, 0.2) is 5.65 Å². The number of hydrogen-bond acceptors (Lipinski definition) is 5. The lowest BCUT2D eigenvalue weighted by Gasteiger charge is -2.07. The molecule has 0 aliphatic carbocycles. The van der Waals surface area contributed by atoms with E-state index >= 15 is 0 Å². The molecule has 0 saturated carbocycles. The molecule has 0 aromatic carbocycles. The molecule has 6 nitrogen and oxygen atoms in total. The smallest absolute Gasteiger partial charge is 0.270 e. The molecule has 2 rings (SSSR count). The lowest BCUT2D eigenvalue weighted by molar-refractivity contribution is 0.741. The van der Waals surface area contributed by atoms with Crippen LogP contribution in [0.4, 0.5) is 5.95 Å². The van der Waals surface area contributed by atoms with Gasteiger partial charge in [0.2, 0.25) is 5.95 Å². The first-order valence-corrected chi connectivity index (χ1v) is 5.22. The highest BCUT2D eigenvalue weighted by atomic mass is 16.1. The Kier molecular flexibility index (Phi) is 2.80. The average molecular weight is 219 g/mol. The largest absolute Gasteiger partial charge is 0.354 e. The van der Waals surface area contributed by atoms with Crippen LogP contribution in [0.1, 0.15) is 13.8 Å². The van der Waals surface area contributed by atoms with E-state index in [0.29, 0.717) is 23.7 Å². The predicted molar refractivity (Wildman–Crippen MR) is 61.4 cm³/mol. The van der Waals surface area contributed by atoms with Gasteiger partial charge in [-0.1, -0.05) is 0 Å². The fourth-order valence-corrected chi connectivity index (χ4v) is 1.50. The van der Waals surface area contributed by atoms with Crippen molar-refractivity contribution in [3.63, 3.8) is 0 Å². The van der Waals surface area contributed by atoms with Gasteiger partial charge in [0.05, 0.1) is 12.4 Å². The summed E-state index contributed by atoms with van der Waals surface area (Å²) in [5, 5.41) is 3.01. The van der Waals surface area contributed by atoms with E-state index in [9.17, 15) is 4.79 Å². The van der Waals surface area contributed by atoms with Gasteiger partial charge in [-0.2, -0.15) is 4.98 Å². The number of rotatable bonds is 3. The van der Waals surface area contributed by atoms with Crippen LogP contribution in [0.2, 0.25) is 0 Å². The minimum atomic E-state index is -0.142. The Morgan fingerprint density at radius 2 is 2.12 bits per heavy atom. The fourth-order valence-electron chi connectivity index (χ4n) is 1.50. The molecule has 84 valence electrons. The molecular weight excluding hydrogens is 206 g/mol. The molecule has 0 amide bonds. The number of fused-ring (bicyclic) bond motifs is 1. The fraction of sp³-hybridized carbons (Fsp3) is 0.400. The van der Waals surface area contributed by atoms with Gasteiger partial charge >= 0.3 is 0 Å². The number of nitrogens with one attached hydrogen (secondary N) is 1. The SMILES string of the molecule is CCNc1ncc2ncc(=O)n(CC)c2n1. The van der Waals surface area contributed by atoms with Crippen molar-refractivity contribution in [3.8, 4) is 0 Å². The summed E-state index contributed by atoms with van der Waals surface area (Å²) in [7, 11) is 0. The molecule has 6 heteroatoms. The molecule has 0 saturated heterocycles. The standard InChI is InChI=1S/C10H13N5O/c1-3-11-10-13-5-7-9(14-10)15(4-2)8(16)6-12-7/h5-6H,3-4H2,1-2H3,(H,11,13,14). The van der Waals surface area contributed by atoms with Crippen LogP contribution in [0, 0.1) is 0 Å². The van der Waals surface area contributed by atoms with Gasteiger partial charge in [-0.3, -0.25) is 9.36 Å². The normalized spacial score (nSPS) is 10.6. The van der Waals surface area contributed by atoms with E-state index in [0.717, 1.165) is 6.54 Å². The highest BCUT2D eigenvalue weighted by Gasteiger charge is 2.05. The third kappa shape index (κ3) is 1.73. The van der Waals surface area contributed by atoms with Gasteiger partial charge in [-0.25, -0.2) is 9.97 Å². The van der Waals surface area contributed by atoms with Gasteiger partial charge in [0, 0.05) is 13.1 Å². The van der Waals surface area contributed by atoms with Gasteiger partial charge in [0.25, 0.3) is 5.56 Å². The van der Waals surface area contributed by atoms with Gasteiger partial charge in [-0.15, -0.1) is 0 Å². The first kappa shape index (κ1) is 10.5. The summed E-state index contributed by atoms with van der Waals surface area (Å²) >= 11 is 0. The summed E-state index contributed by atoms with van der Waals surface area (Å²) in [6.07, 6.45) is 2.91. The summed E-state index contributed by atoms with van der Waals surface area (Å²) in [6.45, 7) is 5.17. The first-order chi connectivity index (χ1) is 7.76.